The summed E-state index contributed by atoms with van der Waals surface area (Å²) < 4.78 is 0. The molecular formula is C13H24N4O7S2. The average Bonchev–Trinajstić information content (AvgIpc) is 2.59. The predicted molar refractivity (Wildman–Crippen MR) is 97.9 cm³/mol. The maximum absolute atomic E-state index is 12.2. The van der Waals surface area contributed by atoms with Crippen molar-refractivity contribution in [3.63, 3.8) is 0 Å². The van der Waals surface area contributed by atoms with Gasteiger partial charge in [-0.25, -0.2) is 4.79 Å². The van der Waals surface area contributed by atoms with Crippen LogP contribution >= 0.6 is 25.3 Å². The van der Waals surface area contributed by atoms with E-state index in [2.05, 4.69) is 35.9 Å². The van der Waals surface area contributed by atoms with Crippen LogP contribution in [0.3, 0.4) is 0 Å². The van der Waals surface area contributed by atoms with E-state index in [1.54, 1.807) is 0 Å². The molecule has 0 spiro atoms. The Morgan fingerprint density at radius 3 is 1.62 bits per heavy atom. The summed E-state index contributed by atoms with van der Waals surface area (Å²) in [7, 11) is 0. The summed E-state index contributed by atoms with van der Waals surface area (Å²) in [5.41, 5.74) is 5.46. The lowest BCUT2D eigenvalue weighted by molar-refractivity contribution is -0.143. The molecule has 0 saturated heterocycles. The molecule has 26 heavy (non-hydrogen) atoms. The van der Waals surface area contributed by atoms with Crippen molar-refractivity contribution in [3.05, 3.63) is 0 Å². The standard InChI is InChI=1S/C13H24N4O7S2/c1-5(19)9(14)12(22)17-8(4-26)11(21)16-7(3-25)10(20)15-6(2-18)13(23)24/h5-9,18-19,25-26H,2-4,14H2,1H3,(H,15,20)(H,16,21)(H,17,22)(H,23,24)/t5-,6+,7+,8+,9+/m1/s1. The van der Waals surface area contributed by atoms with Gasteiger partial charge in [0.2, 0.25) is 17.7 Å². The molecule has 0 aliphatic rings. The highest BCUT2D eigenvalue weighted by Gasteiger charge is 2.29. The Morgan fingerprint density at radius 1 is 0.923 bits per heavy atom. The van der Waals surface area contributed by atoms with Crippen LogP contribution in [0.25, 0.3) is 0 Å². The van der Waals surface area contributed by atoms with E-state index < -0.39 is 60.6 Å². The zero-order valence-corrected chi connectivity index (χ0v) is 15.7. The number of rotatable bonds is 11. The molecule has 13 heteroatoms. The van der Waals surface area contributed by atoms with Gasteiger partial charge in [0.15, 0.2) is 0 Å². The number of hydrogen-bond acceptors (Lipinski definition) is 9. The Balaban J connectivity index is 4.91. The topological polar surface area (TPSA) is 191 Å². The molecule has 0 heterocycles. The van der Waals surface area contributed by atoms with Crippen LogP contribution in [0.15, 0.2) is 0 Å². The fraction of sp³-hybridized carbons (Fsp3) is 0.692. The molecular weight excluding hydrogens is 388 g/mol. The molecule has 11 nitrogen and oxygen atoms in total. The lowest BCUT2D eigenvalue weighted by atomic mass is 10.1. The van der Waals surface area contributed by atoms with Gasteiger partial charge in [-0.1, -0.05) is 0 Å². The number of carbonyl (C=O) groups is 4. The third kappa shape index (κ3) is 7.78. The van der Waals surface area contributed by atoms with E-state index in [1.165, 1.54) is 6.92 Å². The maximum atomic E-state index is 12.2. The van der Waals surface area contributed by atoms with Gasteiger partial charge in [-0.2, -0.15) is 25.3 Å². The maximum Gasteiger partial charge on any atom is 0.328 e. The Bertz CT molecular complexity index is 521. The molecule has 0 aromatic carbocycles. The highest BCUT2D eigenvalue weighted by molar-refractivity contribution is 7.80. The van der Waals surface area contributed by atoms with Crippen LogP contribution in [0.2, 0.25) is 0 Å². The minimum atomic E-state index is -1.54. The van der Waals surface area contributed by atoms with Gasteiger partial charge in [0.25, 0.3) is 0 Å². The summed E-state index contributed by atoms with van der Waals surface area (Å²) in [6, 6.07) is -5.16. The first-order chi connectivity index (χ1) is 12.1. The number of amides is 3. The minimum absolute atomic E-state index is 0.126. The van der Waals surface area contributed by atoms with E-state index in [9.17, 15) is 24.3 Å². The van der Waals surface area contributed by atoms with Gasteiger partial charge in [0.05, 0.1) is 12.7 Å². The van der Waals surface area contributed by atoms with Crippen LogP contribution in [0.1, 0.15) is 6.92 Å². The number of carboxylic acids is 1. The first-order valence-electron chi connectivity index (χ1n) is 7.49. The molecule has 0 aromatic rings. The largest absolute Gasteiger partial charge is 0.480 e. The van der Waals surface area contributed by atoms with Crippen LogP contribution < -0.4 is 21.7 Å². The van der Waals surface area contributed by atoms with Crippen LogP contribution in [0, 0.1) is 0 Å². The molecule has 0 unspecified atom stereocenters. The van der Waals surface area contributed by atoms with Gasteiger partial charge < -0.3 is 37.0 Å². The number of nitrogens with one attached hydrogen (secondary N) is 3. The highest BCUT2D eigenvalue weighted by atomic mass is 32.1. The predicted octanol–water partition coefficient (Wildman–Crippen LogP) is -3.91. The first-order valence-corrected chi connectivity index (χ1v) is 8.75. The lowest BCUT2D eigenvalue weighted by Gasteiger charge is -2.23. The van der Waals surface area contributed by atoms with E-state index in [-0.39, 0.29) is 11.5 Å². The molecule has 0 fully saturated rings. The smallest absolute Gasteiger partial charge is 0.328 e. The van der Waals surface area contributed by atoms with Gasteiger partial charge in [-0.05, 0) is 6.92 Å². The zero-order chi connectivity index (χ0) is 20.4. The molecule has 150 valence electrons. The van der Waals surface area contributed by atoms with Crippen LogP contribution in [0.4, 0.5) is 0 Å². The van der Waals surface area contributed by atoms with E-state index in [0.717, 1.165) is 0 Å². The third-order valence-electron chi connectivity index (χ3n) is 3.25. The van der Waals surface area contributed by atoms with Crippen molar-refractivity contribution in [2.45, 2.75) is 37.2 Å². The molecule has 3 amide bonds. The van der Waals surface area contributed by atoms with Crippen molar-refractivity contribution >= 4 is 48.9 Å². The van der Waals surface area contributed by atoms with E-state index in [4.69, 9.17) is 15.9 Å². The zero-order valence-electron chi connectivity index (χ0n) is 14.0. The van der Waals surface area contributed by atoms with Gasteiger partial charge in [-0.15, -0.1) is 0 Å². The fourth-order valence-electron chi connectivity index (χ4n) is 1.61. The number of aliphatic hydroxyl groups is 2. The number of hydrogen-bond donors (Lipinski definition) is 9. The second-order valence-corrected chi connectivity index (χ2v) is 6.07. The molecule has 0 bridgehead atoms. The Hall–Kier alpha value is -1.54. The summed E-state index contributed by atoms with van der Waals surface area (Å²) in [5.74, 6) is -4.18. The van der Waals surface area contributed by atoms with Crippen LogP contribution in [0.5, 0.6) is 0 Å². The Kier molecular flexibility index (Phi) is 11.2. The van der Waals surface area contributed by atoms with Crippen molar-refractivity contribution in [1.29, 1.82) is 0 Å². The van der Waals surface area contributed by atoms with Crippen molar-refractivity contribution in [2.24, 2.45) is 5.73 Å². The van der Waals surface area contributed by atoms with Gasteiger partial charge in [0.1, 0.15) is 24.2 Å². The minimum Gasteiger partial charge on any atom is -0.480 e. The number of aliphatic hydroxyl groups excluding tert-OH is 2. The van der Waals surface area contributed by atoms with Crippen molar-refractivity contribution in [2.75, 3.05) is 18.1 Å². The van der Waals surface area contributed by atoms with E-state index in [1.807, 2.05) is 5.32 Å². The molecule has 0 aliphatic carbocycles. The van der Waals surface area contributed by atoms with Gasteiger partial charge >= 0.3 is 5.97 Å². The number of nitrogens with two attached hydrogens (primary N) is 1. The summed E-state index contributed by atoms with van der Waals surface area (Å²) in [5, 5.41) is 33.6. The quantitative estimate of drug-likeness (QED) is 0.154. The molecule has 0 rings (SSSR count). The molecule has 8 N–H and O–H groups in total. The number of carbonyl (C=O) groups excluding carboxylic acids is 3. The van der Waals surface area contributed by atoms with Crippen LogP contribution in [-0.2, 0) is 19.2 Å². The second-order valence-electron chi connectivity index (χ2n) is 5.34. The molecule has 0 saturated carbocycles. The Labute approximate surface area is 160 Å². The van der Waals surface area contributed by atoms with Crippen molar-refractivity contribution in [1.82, 2.24) is 16.0 Å². The Morgan fingerprint density at radius 2 is 1.31 bits per heavy atom. The summed E-state index contributed by atoms with van der Waals surface area (Å²) >= 11 is 7.86. The van der Waals surface area contributed by atoms with Crippen LogP contribution in [-0.4, -0.2) is 87.4 Å². The van der Waals surface area contributed by atoms with Gasteiger partial charge in [0, 0.05) is 11.5 Å². The summed E-state index contributed by atoms with van der Waals surface area (Å²) in [6.45, 7) is 0.474. The first kappa shape index (κ1) is 24.5. The SMILES string of the molecule is C[C@@H](O)[C@H](N)C(=O)N[C@@H](CS)C(=O)N[C@@H](CS)C(=O)N[C@@H](CO)C(=O)O. The molecule has 0 radical (unpaired) electrons. The number of thiol groups is 2. The average molecular weight is 412 g/mol. The number of aliphatic carboxylic acids is 1. The fourth-order valence-corrected chi connectivity index (χ4v) is 2.12. The second kappa shape index (κ2) is 12.0. The number of carboxylic acid groups (broad SMARTS) is 1. The normalized spacial score (nSPS) is 16.5. The lowest BCUT2D eigenvalue weighted by Crippen LogP contribution is -2.59. The highest BCUT2D eigenvalue weighted by Crippen LogP contribution is 1.97. The summed E-state index contributed by atoms with van der Waals surface area (Å²) in [4.78, 5) is 46.8. The van der Waals surface area contributed by atoms with E-state index >= 15 is 0 Å². The van der Waals surface area contributed by atoms with Crippen molar-refractivity contribution < 1.29 is 34.5 Å². The van der Waals surface area contributed by atoms with Gasteiger partial charge in [-0.3, -0.25) is 14.4 Å². The summed E-state index contributed by atoms with van der Waals surface area (Å²) in [6.07, 6.45) is -1.14. The monoisotopic (exact) mass is 412 g/mol. The molecule has 5 atom stereocenters. The third-order valence-corrected chi connectivity index (χ3v) is 3.98. The molecule has 0 aliphatic heterocycles. The molecule has 0 aromatic heterocycles. The van der Waals surface area contributed by atoms with E-state index in [0.29, 0.717) is 0 Å². The van der Waals surface area contributed by atoms with Crippen molar-refractivity contribution in [3.8, 4) is 0 Å².